The number of alkyl halides is 1. The minimum Gasteiger partial charge on any atom is -0.479 e. The first-order chi connectivity index (χ1) is 7.84. The van der Waals surface area contributed by atoms with E-state index in [2.05, 4.69) is 0 Å². The lowest BCUT2D eigenvalue weighted by Crippen LogP contribution is -2.18. The van der Waals surface area contributed by atoms with Gasteiger partial charge in [-0.05, 0) is 25.1 Å². The van der Waals surface area contributed by atoms with Crippen LogP contribution in [0.3, 0.4) is 0 Å². The Hall–Kier alpha value is -1.10. The van der Waals surface area contributed by atoms with E-state index >= 15 is 0 Å². The van der Waals surface area contributed by atoms with Crippen LogP contribution in [0, 0.1) is 0 Å². The lowest BCUT2D eigenvalue weighted by atomic mass is 9.98. The molecule has 1 rings (SSSR count). The molecule has 0 saturated heterocycles. The maximum absolute atomic E-state index is 11.7. The number of Topliss-reactive ketones (excluding diaryl/α,β-unsaturated/α-hetero) is 1. The van der Waals surface area contributed by atoms with Gasteiger partial charge < -0.3 is 10.2 Å². The molecule has 2 unspecified atom stereocenters. The number of rotatable bonds is 4. The third-order valence-corrected chi connectivity index (χ3v) is 2.60. The lowest BCUT2D eigenvalue weighted by Gasteiger charge is -2.12. The molecule has 0 bridgehead atoms. The highest BCUT2D eigenvalue weighted by molar-refractivity contribution is 6.34. The van der Waals surface area contributed by atoms with E-state index in [9.17, 15) is 14.7 Å². The van der Waals surface area contributed by atoms with Crippen molar-refractivity contribution >= 4 is 35.0 Å². The summed E-state index contributed by atoms with van der Waals surface area (Å²) in [6.45, 7) is 1.47. The molecule has 0 fully saturated rings. The van der Waals surface area contributed by atoms with Crippen LogP contribution in [0.15, 0.2) is 18.2 Å². The number of halogens is 2. The van der Waals surface area contributed by atoms with Gasteiger partial charge in [0.25, 0.3) is 0 Å². The maximum atomic E-state index is 11.7. The van der Waals surface area contributed by atoms with E-state index in [1.165, 1.54) is 25.1 Å². The number of aliphatic carboxylic acids is 1. The zero-order valence-corrected chi connectivity index (χ0v) is 10.4. The smallest absolute Gasteiger partial charge is 0.337 e. The molecule has 0 amide bonds. The van der Waals surface area contributed by atoms with Crippen LogP contribution in [0.1, 0.15) is 28.9 Å². The Labute approximate surface area is 108 Å². The minimum atomic E-state index is -1.80. The van der Waals surface area contributed by atoms with E-state index in [0.29, 0.717) is 0 Å². The number of carboxylic acids is 1. The quantitative estimate of drug-likeness (QED) is 0.654. The second-order valence-corrected chi connectivity index (χ2v) is 4.54. The lowest BCUT2D eigenvalue weighted by molar-refractivity contribution is -0.146. The topological polar surface area (TPSA) is 74.6 Å². The van der Waals surface area contributed by atoms with E-state index in [-0.39, 0.29) is 16.1 Å². The third kappa shape index (κ3) is 3.19. The second kappa shape index (κ2) is 5.49. The highest BCUT2D eigenvalue weighted by Gasteiger charge is 2.24. The Morgan fingerprint density at radius 3 is 2.41 bits per heavy atom. The van der Waals surface area contributed by atoms with Gasteiger partial charge >= 0.3 is 5.97 Å². The molecular weight excluding hydrogens is 267 g/mol. The van der Waals surface area contributed by atoms with E-state index < -0.39 is 23.2 Å². The fraction of sp³-hybridized carbons (Fsp3) is 0.273. The van der Waals surface area contributed by atoms with E-state index in [0.717, 1.165) is 0 Å². The number of aliphatic hydroxyl groups excluding tert-OH is 1. The average Bonchev–Trinajstić information content (AvgIpc) is 2.26. The molecule has 6 heteroatoms. The molecule has 0 radical (unpaired) electrons. The van der Waals surface area contributed by atoms with Crippen LogP contribution in [0.4, 0.5) is 0 Å². The molecule has 0 aliphatic heterocycles. The maximum Gasteiger partial charge on any atom is 0.337 e. The normalized spacial score (nSPS) is 14.1. The number of ketones is 1. The van der Waals surface area contributed by atoms with E-state index in [1.54, 1.807) is 0 Å². The molecule has 4 nitrogen and oxygen atoms in total. The molecular formula is C11H10Cl2O4. The van der Waals surface area contributed by atoms with Crippen molar-refractivity contribution in [2.75, 3.05) is 0 Å². The van der Waals surface area contributed by atoms with Crippen molar-refractivity contribution in [3.63, 3.8) is 0 Å². The van der Waals surface area contributed by atoms with Crippen molar-refractivity contribution in [2.45, 2.75) is 18.4 Å². The van der Waals surface area contributed by atoms with Crippen molar-refractivity contribution < 1.29 is 19.8 Å². The molecule has 2 atom stereocenters. The molecule has 0 saturated carbocycles. The molecule has 2 N–H and O–H groups in total. The average molecular weight is 277 g/mol. The number of carbonyl (C=O) groups is 2. The van der Waals surface area contributed by atoms with Gasteiger partial charge in [-0.3, -0.25) is 4.79 Å². The Bertz CT molecular complexity index is 457. The summed E-state index contributed by atoms with van der Waals surface area (Å²) in [6.07, 6.45) is -1.80. The van der Waals surface area contributed by atoms with Gasteiger partial charge in [0, 0.05) is 16.1 Å². The van der Waals surface area contributed by atoms with Crippen LogP contribution in [-0.2, 0) is 4.79 Å². The number of aliphatic hydroxyl groups is 1. The number of carbonyl (C=O) groups excluding carboxylic acids is 1. The van der Waals surface area contributed by atoms with Gasteiger partial charge in [0.2, 0.25) is 0 Å². The monoisotopic (exact) mass is 276 g/mol. The van der Waals surface area contributed by atoms with Crippen molar-refractivity contribution in [1.82, 2.24) is 0 Å². The van der Waals surface area contributed by atoms with Crippen molar-refractivity contribution in [2.24, 2.45) is 0 Å². The minimum absolute atomic E-state index is 0.0532. The van der Waals surface area contributed by atoms with Crippen LogP contribution >= 0.6 is 23.2 Å². The van der Waals surface area contributed by atoms with Gasteiger partial charge in [-0.1, -0.05) is 11.6 Å². The number of carboxylic acid groups (broad SMARTS) is 1. The molecule has 0 heterocycles. The summed E-state index contributed by atoms with van der Waals surface area (Å²) in [4.78, 5) is 22.4. The number of hydrogen-bond donors (Lipinski definition) is 2. The second-order valence-electron chi connectivity index (χ2n) is 3.45. The zero-order valence-electron chi connectivity index (χ0n) is 8.85. The summed E-state index contributed by atoms with van der Waals surface area (Å²) >= 11 is 11.3. The number of benzene rings is 1. The van der Waals surface area contributed by atoms with Crippen molar-refractivity contribution in [1.29, 1.82) is 0 Å². The van der Waals surface area contributed by atoms with E-state index in [1.807, 2.05) is 0 Å². The fourth-order valence-electron chi connectivity index (χ4n) is 1.33. The van der Waals surface area contributed by atoms with Crippen LogP contribution in [0.5, 0.6) is 0 Å². The summed E-state index contributed by atoms with van der Waals surface area (Å²) in [5, 5.41) is 17.6. The molecule has 92 valence electrons. The summed E-state index contributed by atoms with van der Waals surface area (Å²) in [6, 6.07) is 4.03. The largest absolute Gasteiger partial charge is 0.479 e. The van der Waals surface area contributed by atoms with Gasteiger partial charge in [-0.25, -0.2) is 4.79 Å². The van der Waals surface area contributed by atoms with Gasteiger partial charge in [-0.15, -0.1) is 11.6 Å². The van der Waals surface area contributed by atoms with Crippen molar-refractivity contribution in [3.05, 3.63) is 34.3 Å². The molecule has 17 heavy (non-hydrogen) atoms. The molecule has 0 aliphatic rings. The molecule has 0 aliphatic carbocycles. The summed E-state index contributed by atoms with van der Waals surface area (Å²) in [5.74, 6) is -1.91. The summed E-state index contributed by atoms with van der Waals surface area (Å²) in [7, 11) is 0. The van der Waals surface area contributed by atoms with Crippen molar-refractivity contribution in [3.8, 4) is 0 Å². The molecule has 1 aromatic carbocycles. The molecule has 0 spiro atoms. The number of hydrogen-bond acceptors (Lipinski definition) is 3. The van der Waals surface area contributed by atoms with Gasteiger partial charge in [0.05, 0.1) is 5.38 Å². The highest BCUT2D eigenvalue weighted by atomic mass is 35.5. The standard InChI is InChI=1S/C11H10Cl2O4/c1-5(12)9(14)7-3-2-6(13)4-8(7)10(15)11(16)17/h2-5,10,15H,1H3,(H,16,17). The fourth-order valence-corrected chi connectivity index (χ4v) is 1.63. The Kier molecular flexibility index (Phi) is 4.51. The van der Waals surface area contributed by atoms with Gasteiger partial charge in [-0.2, -0.15) is 0 Å². The molecule has 1 aromatic rings. The van der Waals surface area contributed by atoms with Gasteiger partial charge in [0.1, 0.15) is 0 Å². The van der Waals surface area contributed by atoms with Gasteiger partial charge in [0.15, 0.2) is 11.9 Å². The third-order valence-electron chi connectivity index (χ3n) is 2.17. The predicted octanol–water partition coefficient (Wildman–Crippen LogP) is 2.27. The zero-order chi connectivity index (χ0) is 13.2. The predicted molar refractivity (Wildman–Crippen MR) is 63.7 cm³/mol. The SMILES string of the molecule is CC(Cl)C(=O)c1ccc(Cl)cc1C(O)C(=O)O. The first-order valence-corrected chi connectivity index (χ1v) is 5.54. The van der Waals surface area contributed by atoms with E-state index in [4.69, 9.17) is 28.3 Å². The summed E-state index contributed by atoms with van der Waals surface area (Å²) in [5.41, 5.74) is 0.00861. The van der Waals surface area contributed by atoms with Crippen LogP contribution in [0.25, 0.3) is 0 Å². The Morgan fingerprint density at radius 2 is 1.94 bits per heavy atom. The first-order valence-electron chi connectivity index (χ1n) is 4.73. The van der Waals surface area contributed by atoms with Crippen LogP contribution in [0.2, 0.25) is 5.02 Å². The van der Waals surface area contributed by atoms with Crippen LogP contribution < -0.4 is 0 Å². The first kappa shape index (κ1) is 14.0. The molecule has 0 aromatic heterocycles. The van der Waals surface area contributed by atoms with Crippen LogP contribution in [-0.4, -0.2) is 27.3 Å². The summed E-state index contributed by atoms with van der Waals surface area (Å²) < 4.78 is 0. The highest BCUT2D eigenvalue weighted by Crippen LogP contribution is 2.24. The Balaban J connectivity index is 3.31. The Morgan fingerprint density at radius 1 is 1.35 bits per heavy atom.